The van der Waals surface area contributed by atoms with Gasteiger partial charge in [0, 0.05) is 12.8 Å². The van der Waals surface area contributed by atoms with Crippen LogP contribution in [0.25, 0.3) is 0 Å². The molecule has 0 aromatic heterocycles. The number of allylic oxidation sites excluding steroid dienone is 15. The Hall–Kier alpha value is -3.11. The van der Waals surface area contributed by atoms with E-state index in [0.717, 1.165) is 70.6 Å². The lowest BCUT2D eigenvalue weighted by Crippen LogP contribution is -2.37. The summed E-state index contributed by atoms with van der Waals surface area (Å²) in [6.07, 6.45) is 50.7. The average molecular weight is 874 g/mol. The van der Waals surface area contributed by atoms with Crippen LogP contribution in [0.3, 0.4) is 0 Å². The Balaban J connectivity index is 4.53. The van der Waals surface area contributed by atoms with Gasteiger partial charge in [-0.25, -0.2) is 0 Å². The van der Waals surface area contributed by atoms with Gasteiger partial charge in [-0.1, -0.05) is 137 Å². The number of aliphatic hydroxyl groups excluding tert-OH is 1. The topological polar surface area (TPSA) is 131 Å². The van der Waals surface area contributed by atoms with Gasteiger partial charge >= 0.3 is 11.9 Å². The van der Waals surface area contributed by atoms with E-state index in [1.54, 1.807) is 0 Å². The Bertz CT molecular complexity index is 1370. The minimum atomic E-state index is -4.67. The third-order valence-corrected chi connectivity index (χ3v) is 10.1. The fourth-order valence-corrected chi connectivity index (χ4v) is 6.25. The van der Waals surface area contributed by atoms with Crippen molar-refractivity contribution in [3.8, 4) is 0 Å². The summed E-state index contributed by atoms with van der Waals surface area (Å²) in [6.45, 7) is 3.86. The standard InChI is InChI=1S/C50H84NO9P/c1-6-8-9-10-11-12-13-14-15-16-17-18-19-22-25-28-31-34-37-41-49(53)57-45-48(46-59-61(55,56)58-44-43-51(3,4)5)60-50(54)42-38-35-32-29-26-23-20-21-24-27-30-33-36-40-47(52)39-7-2/h11-12,14-15,17-18,20,22-25,27,29,32-33,36,47-48,52H,6-10,13,16,19,21,26,28,30-31,34-35,37-46H2,1-5H3/b12-11-,15-14-,18-17-,23-20-,25-22-,27-24-,32-29-,36-33-/t47?,48-/m1/s1. The summed E-state index contributed by atoms with van der Waals surface area (Å²) in [6, 6.07) is 0. The van der Waals surface area contributed by atoms with E-state index in [2.05, 4.69) is 92.8 Å². The third kappa shape index (κ3) is 44.7. The summed E-state index contributed by atoms with van der Waals surface area (Å²) in [5.41, 5.74) is 0. The van der Waals surface area contributed by atoms with E-state index in [1.807, 2.05) is 39.4 Å². The number of carbonyl (C=O) groups is 2. The molecule has 0 bridgehead atoms. The van der Waals surface area contributed by atoms with Crippen LogP contribution in [0.15, 0.2) is 97.2 Å². The van der Waals surface area contributed by atoms with Gasteiger partial charge in [0.25, 0.3) is 7.82 Å². The van der Waals surface area contributed by atoms with Gasteiger partial charge in [-0.15, -0.1) is 0 Å². The van der Waals surface area contributed by atoms with Crippen LogP contribution in [0.2, 0.25) is 0 Å². The summed E-state index contributed by atoms with van der Waals surface area (Å²) >= 11 is 0. The monoisotopic (exact) mass is 874 g/mol. The minimum Gasteiger partial charge on any atom is -0.756 e. The number of quaternary nitrogens is 1. The zero-order valence-electron chi connectivity index (χ0n) is 38.7. The number of unbranched alkanes of at least 4 members (excludes halogenated alkanes) is 7. The predicted molar refractivity (Wildman–Crippen MR) is 251 cm³/mol. The molecule has 0 saturated heterocycles. The van der Waals surface area contributed by atoms with Crippen LogP contribution in [0.5, 0.6) is 0 Å². The normalized spacial score (nSPS) is 14.9. The zero-order chi connectivity index (χ0) is 45.1. The quantitative estimate of drug-likeness (QED) is 0.0210. The van der Waals surface area contributed by atoms with Crippen molar-refractivity contribution < 1.29 is 47.2 Å². The van der Waals surface area contributed by atoms with Gasteiger partial charge in [-0.05, 0) is 96.3 Å². The molecule has 61 heavy (non-hydrogen) atoms. The molecule has 0 heterocycles. The van der Waals surface area contributed by atoms with Crippen molar-refractivity contribution in [2.45, 2.75) is 161 Å². The number of ether oxygens (including phenoxy) is 2. The average Bonchev–Trinajstić information content (AvgIpc) is 3.20. The van der Waals surface area contributed by atoms with Gasteiger partial charge in [0.15, 0.2) is 6.10 Å². The second-order valence-corrected chi connectivity index (χ2v) is 17.6. The molecule has 0 amide bonds. The number of carbonyl (C=O) groups excluding carboxylic acids is 2. The first kappa shape index (κ1) is 57.9. The molecule has 0 aromatic carbocycles. The zero-order valence-corrected chi connectivity index (χ0v) is 39.6. The number of hydrogen-bond acceptors (Lipinski definition) is 9. The number of phosphoric acid groups is 1. The third-order valence-electron chi connectivity index (χ3n) is 9.13. The van der Waals surface area contributed by atoms with Gasteiger partial charge in [0.1, 0.15) is 19.8 Å². The van der Waals surface area contributed by atoms with E-state index in [0.29, 0.717) is 36.7 Å². The molecule has 0 rings (SSSR count). The molecule has 0 aromatic rings. The van der Waals surface area contributed by atoms with Crippen molar-refractivity contribution in [2.75, 3.05) is 47.5 Å². The van der Waals surface area contributed by atoms with Crippen molar-refractivity contribution >= 4 is 19.8 Å². The summed E-state index contributed by atoms with van der Waals surface area (Å²) in [5, 5.41) is 9.74. The molecule has 10 nitrogen and oxygen atoms in total. The molecule has 11 heteroatoms. The number of likely N-dealkylation sites (N-methyl/N-ethyl adjacent to an activating group) is 1. The maximum Gasteiger partial charge on any atom is 0.306 e. The van der Waals surface area contributed by atoms with Gasteiger partial charge in [-0.3, -0.25) is 14.2 Å². The molecular formula is C50H84NO9P. The highest BCUT2D eigenvalue weighted by molar-refractivity contribution is 7.45. The smallest absolute Gasteiger partial charge is 0.306 e. The highest BCUT2D eigenvalue weighted by atomic mass is 31.2. The SMILES string of the molecule is CCCCC/C=C\C/C=C\C/C=C\C/C=C\CCCCCC(=O)OC[C@H](COP(=O)([O-])OCC[N+](C)(C)C)OC(=O)CCC/C=C\C/C=C\C/C=C\C/C=C\CC(O)CCC. The number of esters is 2. The number of hydrogen-bond donors (Lipinski definition) is 1. The predicted octanol–water partition coefficient (Wildman–Crippen LogP) is 11.7. The first-order valence-corrected chi connectivity index (χ1v) is 24.5. The van der Waals surface area contributed by atoms with E-state index in [4.69, 9.17) is 18.5 Å². The molecule has 0 aliphatic carbocycles. The van der Waals surface area contributed by atoms with Crippen molar-refractivity contribution in [2.24, 2.45) is 0 Å². The number of nitrogens with zero attached hydrogens (tertiary/aromatic N) is 1. The van der Waals surface area contributed by atoms with Crippen LogP contribution in [0, 0.1) is 0 Å². The highest BCUT2D eigenvalue weighted by Crippen LogP contribution is 2.38. The lowest BCUT2D eigenvalue weighted by Gasteiger charge is -2.28. The molecule has 0 fully saturated rings. The second-order valence-electron chi connectivity index (χ2n) is 16.2. The van der Waals surface area contributed by atoms with Gasteiger partial charge in [-0.2, -0.15) is 0 Å². The summed E-state index contributed by atoms with van der Waals surface area (Å²) < 4.78 is 33.8. The van der Waals surface area contributed by atoms with Crippen LogP contribution >= 0.6 is 7.82 Å². The molecular weight excluding hydrogens is 790 g/mol. The molecule has 348 valence electrons. The van der Waals surface area contributed by atoms with E-state index in [1.165, 1.54) is 25.7 Å². The van der Waals surface area contributed by atoms with Crippen LogP contribution in [0.4, 0.5) is 0 Å². The largest absolute Gasteiger partial charge is 0.756 e. The van der Waals surface area contributed by atoms with Crippen molar-refractivity contribution in [1.29, 1.82) is 0 Å². The highest BCUT2D eigenvalue weighted by Gasteiger charge is 2.21. The molecule has 3 atom stereocenters. The van der Waals surface area contributed by atoms with E-state index in [-0.39, 0.29) is 32.2 Å². The summed E-state index contributed by atoms with van der Waals surface area (Å²) in [5.74, 6) is -0.967. The van der Waals surface area contributed by atoms with Gasteiger partial charge in [0.2, 0.25) is 0 Å². The van der Waals surface area contributed by atoms with Crippen LogP contribution in [-0.2, 0) is 32.7 Å². The maximum absolute atomic E-state index is 12.7. The number of phosphoric ester groups is 1. The summed E-state index contributed by atoms with van der Waals surface area (Å²) in [4.78, 5) is 37.6. The lowest BCUT2D eigenvalue weighted by molar-refractivity contribution is -0.870. The number of aliphatic hydroxyl groups is 1. The van der Waals surface area contributed by atoms with Crippen LogP contribution < -0.4 is 4.89 Å². The molecule has 0 saturated carbocycles. The van der Waals surface area contributed by atoms with Crippen LogP contribution in [0.1, 0.15) is 149 Å². The molecule has 2 unspecified atom stereocenters. The maximum atomic E-state index is 12.7. The second kappa shape index (κ2) is 40.9. The fraction of sp³-hybridized carbons (Fsp3) is 0.640. The Labute approximate surface area is 371 Å². The Morgan fingerprint density at radius 1 is 0.590 bits per heavy atom. The van der Waals surface area contributed by atoms with E-state index < -0.39 is 32.5 Å². The fourth-order valence-electron chi connectivity index (χ4n) is 5.53. The lowest BCUT2D eigenvalue weighted by atomic mass is 10.1. The molecule has 0 aliphatic rings. The Morgan fingerprint density at radius 2 is 1.07 bits per heavy atom. The van der Waals surface area contributed by atoms with Crippen molar-refractivity contribution in [3.05, 3.63) is 97.2 Å². The Kier molecular flexibility index (Phi) is 38.8. The van der Waals surface area contributed by atoms with Gasteiger partial charge in [0.05, 0.1) is 33.9 Å². The van der Waals surface area contributed by atoms with E-state index in [9.17, 15) is 24.2 Å². The van der Waals surface area contributed by atoms with Crippen molar-refractivity contribution in [1.82, 2.24) is 0 Å². The Morgan fingerprint density at radius 3 is 1.57 bits per heavy atom. The molecule has 0 radical (unpaired) electrons. The molecule has 0 spiro atoms. The first-order chi connectivity index (χ1) is 29.4. The number of rotatable bonds is 40. The van der Waals surface area contributed by atoms with E-state index >= 15 is 0 Å². The molecule has 0 aliphatic heterocycles. The summed E-state index contributed by atoms with van der Waals surface area (Å²) in [7, 11) is 1.07. The first-order valence-electron chi connectivity index (χ1n) is 23.0. The van der Waals surface area contributed by atoms with Gasteiger partial charge < -0.3 is 33.0 Å². The minimum absolute atomic E-state index is 0.0589. The van der Waals surface area contributed by atoms with Crippen LogP contribution in [-0.4, -0.2) is 81.2 Å². The van der Waals surface area contributed by atoms with Crippen molar-refractivity contribution in [3.63, 3.8) is 0 Å². The molecule has 1 N–H and O–H groups in total.